The van der Waals surface area contributed by atoms with Crippen LogP contribution in [0.2, 0.25) is 0 Å². The highest BCUT2D eigenvalue weighted by Gasteiger charge is 2.27. The van der Waals surface area contributed by atoms with Crippen LogP contribution in [0.1, 0.15) is 25.3 Å². The van der Waals surface area contributed by atoms with Crippen LogP contribution in [0.3, 0.4) is 0 Å². The minimum absolute atomic E-state index is 0.0531. The van der Waals surface area contributed by atoms with Crippen LogP contribution in [0.4, 0.5) is 0 Å². The smallest absolute Gasteiger partial charge is 0.257 e. The number of likely N-dealkylation sites (N-methyl/N-ethyl adjacent to an activating group) is 1. The summed E-state index contributed by atoms with van der Waals surface area (Å²) in [6.07, 6.45) is 2.59. The molecule has 0 unspecified atom stereocenters. The van der Waals surface area contributed by atoms with Gasteiger partial charge in [-0.05, 0) is 37.1 Å². The van der Waals surface area contributed by atoms with Gasteiger partial charge in [-0.2, -0.15) is 0 Å². The number of nitrogens with two attached hydrogens (primary N) is 1. The summed E-state index contributed by atoms with van der Waals surface area (Å²) >= 11 is 0. The van der Waals surface area contributed by atoms with Crippen LogP contribution in [0.5, 0.6) is 5.75 Å². The van der Waals surface area contributed by atoms with Gasteiger partial charge >= 0.3 is 0 Å². The molecule has 3 N–H and O–H groups in total. The minimum Gasteiger partial charge on any atom is -0.484 e. The number of hydrogen-bond donors (Lipinski definition) is 2. The van der Waals surface area contributed by atoms with Gasteiger partial charge in [-0.25, -0.2) is 0 Å². The van der Waals surface area contributed by atoms with Crippen molar-refractivity contribution in [1.29, 1.82) is 0 Å². The second-order valence-electron chi connectivity index (χ2n) is 5.35. The molecule has 0 radical (unpaired) electrons. The first-order chi connectivity index (χ1) is 10.2. The van der Waals surface area contributed by atoms with Crippen LogP contribution in [0.15, 0.2) is 24.3 Å². The molecule has 0 spiro atoms. The summed E-state index contributed by atoms with van der Waals surface area (Å²) in [6, 6.07) is 8.22. The lowest BCUT2D eigenvalue weighted by atomic mass is 10.2. The summed E-state index contributed by atoms with van der Waals surface area (Å²) in [4.78, 5) is 14.1. The number of ether oxygens (including phenoxy) is 1. The zero-order valence-corrected chi connectivity index (χ0v) is 12.7. The maximum Gasteiger partial charge on any atom is 0.257 e. The molecule has 1 aromatic rings. The first-order valence-corrected chi connectivity index (χ1v) is 7.65. The van der Waals surface area contributed by atoms with E-state index in [0.717, 1.165) is 24.7 Å². The zero-order chi connectivity index (χ0) is 15.1. The third-order valence-electron chi connectivity index (χ3n) is 3.72. The van der Waals surface area contributed by atoms with Gasteiger partial charge in [-0.3, -0.25) is 9.69 Å². The Bertz CT molecular complexity index is 443. The second kappa shape index (κ2) is 8.00. The van der Waals surface area contributed by atoms with Crippen LogP contribution in [-0.2, 0) is 11.3 Å². The van der Waals surface area contributed by atoms with E-state index in [4.69, 9.17) is 10.5 Å². The SMILES string of the molecule is CCN(CCNC(=O)COc1ccc(CN)cc1)C1CC1. The van der Waals surface area contributed by atoms with Gasteiger partial charge in [0.25, 0.3) is 5.91 Å². The minimum atomic E-state index is -0.0789. The topological polar surface area (TPSA) is 67.6 Å². The Balaban J connectivity index is 1.62. The Hall–Kier alpha value is -1.59. The van der Waals surface area contributed by atoms with Crippen molar-refractivity contribution in [2.75, 3.05) is 26.2 Å². The van der Waals surface area contributed by atoms with Crippen molar-refractivity contribution in [2.24, 2.45) is 5.73 Å². The molecule has 0 aliphatic heterocycles. The number of amides is 1. The van der Waals surface area contributed by atoms with E-state index in [1.807, 2.05) is 24.3 Å². The lowest BCUT2D eigenvalue weighted by molar-refractivity contribution is -0.123. The monoisotopic (exact) mass is 291 g/mol. The fourth-order valence-corrected chi connectivity index (χ4v) is 2.30. The highest BCUT2D eigenvalue weighted by molar-refractivity contribution is 5.77. The molecular weight excluding hydrogens is 266 g/mol. The first kappa shape index (κ1) is 15.8. The van der Waals surface area contributed by atoms with Crippen LogP contribution in [-0.4, -0.2) is 43.1 Å². The van der Waals surface area contributed by atoms with E-state index in [1.54, 1.807) is 0 Å². The van der Waals surface area contributed by atoms with E-state index in [-0.39, 0.29) is 12.5 Å². The number of benzene rings is 1. The van der Waals surface area contributed by atoms with Crippen molar-refractivity contribution in [3.63, 3.8) is 0 Å². The molecule has 5 nitrogen and oxygen atoms in total. The van der Waals surface area contributed by atoms with Crippen LogP contribution >= 0.6 is 0 Å². The molecule has 2 rings (SSSR count). The Kier molecular flexibility index (Phi) is 6.02. The number of nitrogens with zero attached hydrogens (tertiary/aromatic N) is 1. The molecule has 1 aliphatic carbocycles. The zero-order valence-electron chi connectivity index (χ0n) is 12.7. The summed E-state index contributed by atoms with van der Waals surface area (Å²) in [5.74, 6) is 0.611. The second-order valence-corrected chi connectivity index (χ2v) is 5.35. The highest BCUT2D eigenvalue weighted by atomic mass is 16.5. The van der Waals surface area contributed by atoms with Crippen LogP contribution < -0.4 is 15.8 Å². The molecule has 1 aromatic carbocycles. The first-order valence-electron chi connectivity index (χ1n) is 7.65. The Morgan fingerprint density at radius 2 is 2.10 bits per heavy atom. The molecule has 5 heteroatoms. The van der Waals surface area contributed by atoms with Gasteiger partial charge in [0.1, 0.15) is 5.75 Å². The molecule has 1 saturated carbocycles. The quantitative estimate of drug-likeness (QED) is 0.715. The van der Waals surface area contributed by atoms with Gasteiger partial charge in [0.05, 0.1) is 0 Å². The van der Waals surface area contributed by atoms with Gasteiger partial charge in [0.2, 0.25) is 0 Å². The average molecular weight is 291 g/mol. The fraction of sp³-hybridized carbons (Fsp3) is 0.562. The lowest BCUT2D eigenvalue weighted by Crippen LogP contribution is -2.37. The van der Waals surface area contributed by atoms with Crippen molar-refractivity contribution in [3.8, 4) is 5.75 Å². The molecule has 1 amide bonds. The Morgan fingerprint density at radius 1 is 1.38 bits per heavy atom. The van der Waals surface area contributed by atoms with Crippen LogP contribution in [0.25, 0.3) is 0 Å². The number of nitrogens with one attached hydrogen (secondary N) is 1. The third kappa shape index (κ3) is 5.36. The summed E-state index contributed by atoms with van der Waals surface area (Å²) in [5, 5.41) is 2.90. The van der Waals surface area contributed by atoms with E-state index in [2.05, 4.69) is 17.1 Å². The van der Waals surface area contributed by atoms with Gasteiger partial charge < -0.3 is 15.8 Å². The summed E-state index contributed by atoms with van der Waals surface area (Å²) in [6.45, 7) is 5.36. The standard InChI is InChI=1S/C16H25N3O2/c1-2-19(14-5-6-14)10-9-18-16(20)12-21-15-7-3-13(11-17)4-8-15/h3-4,7-8,14H,2,5-6,9-12,17H2,1H3,(H,18,20). The van der Waals surface area contributed by atoms with E-state index in [1.165, 1.54) is 12.8 Å². The van der Waals surface area contributed by atoms with Gasteiger partial charge in [0, 0.05) is 25.7 Å². The Labute approximate surface area is 126 Å². The molecule has 116 valence electrons. The summed E-state index contributed by atoms with van der Waals surface area (Å²) in [7, 11) is 0. The van der Waals surface area contributed by atoms with E-state index in [9.17, 15) is 4.79 Å². The molecular formula is C16H25N3O2. The predicted octanol–water partition coefficient (Wildman–Crippen LogP) is 1.12. The third-order valence-corrected chi connectivity index (χ3v) is 3.72. The van der Waals surface area contributed by atoms with Gasteiger partial charge in [0.15, 0.2) is 6.61 Å². The maximum absolute atomic E-state index is 11.7. The molecule has 1 aliphatic rings. The molecule has 0 bridgehead atoms. The van der Waals surface area contributed by atoms with Crippen molar-refractivity contribution >= 4 is 5.91 Å². The molecule has 0 saturated heterocycles. The summed E-state index contributed by atoms with van der Waals surface area (Å²) in [5.41, 5.74) is 6.58. The Morgan fingerprint density at radius 3 is 2.67 bits per heavy atom. The van der Waals surface area contributed by atoms with Crippen molar-refractivity contribution in [2.45, 2.75) is 32.4 Å². The van der Waals surface area contributed by atoms with E-state index < -0.39 is 0 Å². The van der Waals surface area contributed by atoms with Crippen molar-refractivity contribution in [3.05, 3.63) is 29.8 Å². The van der Waals surface area contributed by atoms with Crippen molar-refractivity contribution in [1.82, 2.24) is 10.2 Å². The maximum atomic E-state index is 11.7. The fourth-order valence-electron chi connectivity index (χ4n) is 2.30. The summed E-state index contributed by atoms with van der Waals surface area (Å²) < 4.78 is 5.44. The normalized spacial score (nSPS) is 14.2. The number of hydrogen-bond acceptors (Lipinski definition) is 4. The van der Waals surface area contributed by atoms with Gasteiger partial charge in [-0.15, -0.1) is 0 Å². The predicted molar refractivity (Wildman–Crippen MR) is 83.1 cm³/mol. The lowest BCUT2D eigenvalue weighted by Gasteiger charge is -2.19. The number of carbonyl (C=O) groups excluding carboxylic acids is 1. The number of rotatable bonds is 9. The largest absolute Gasteiger partial charge is 0.484 e. The van der Waals surface area contributed by atoms with E-state index >= 15 is 0 Å². The molecule has 1 fully saturated rings. The number of carbonyl (C=O) groups is 1. The van der Waals surface area contributed by atoms with Gasteiger partial charge in [-0.1, -0.05) is 19.1 Å². The molecule has 0 atom stereocenters. The molecule has 0 aromatic heterocycles. The van der Waals surface area contributed by atoms with Crippen LogP contribution in [0, 0.1) is 0 Å². The van der Waals surface area contributed by atoms with Crippen molar-refractivity contribution < 1.29 is 9.53 Å². The molecule has 0 heterocycles. The average Bonchev–Trinajstić information content (AvgIpc) is 3.35. The highest BCUT2D eigenvalue weighted by Crippen LogP contribution is 2.25. The van der Waals surface area contributed by atoms with E-state index in [0.29, 0.717) is 18.8 Å². The molecule has 21 heavy (non-hydrogen) atoms.